The number of carbonyl (C=O) groups excluding carboxylic acids is 2. The second-order valence-corrected chi connectivity index (χ2v) is 13.7. The summed E-state index contributed by atoms with van der Waals surface area (Å²) in [6.45, 7) is 12.8. The first-order chi connectivity index (χ1) is 19.6. The molecule has 3 aromatic rings. The van der Waals surface area contributed by atoms with E-state index < -0.39 is 34.1 Å². The first-order valence-electron chi connectivity index (χ1n) is 14.1. The molecular weight excluding hydrogens is 550 g/mol. The molecule has 0 heterocycles. The number of ether oxygens (including phenoxy) is 1. The molecule has 226 valence electrons. The zero-order valence-corrected chi connectivity index (χ0v) is 26.7. The summed E-state index contributed by atoms with van der Waals surface area (Å²) in [7, 11) is -2.57. The van der Waals surface area contributed by atoms with Crippen molar-refractivity contribution in [2.75, 3.05) is 18.0 Å². The number of nitrogens with zero attached hydrogens (tertiary/aromatic N) is 2. The molecule has 1 atom stereocenters. The number of sulfonamides is 1. The number of rotatable bonds is 11. The van der Waals surface area contributed by atoms with Crippen LogP contribution in [0.5, 0.6) is 5.75 Å². The van der Waals surface area contributed by atoms with Crippen molar-refractivity contribution in [1.82, 2.24) is 10.2 Å². The molecule has 0 aliphatic carbocycles. The number of carbonyl (C=O) groups is 2. The van der Waals surface area contributed by atoms with Gasteiger partial charge in [0.1, 0.15) is 18.3 Å². The van der Waals surface area contributed by atoms with Gasteiger partial charge in [-0.1, -0.05) is 55.8 Å². The molecule has 0 unspecified atom stereocenters. The van der Waals surface area contributed by atoms with Crippen LogP contribution in [-0.4, -0.2) is 50.4 Å². The topological polar surface area (TPSA) is 96.0 Å². The lowest BCUT2D eigenvalue weighted by molar-refractivity contribution is -0.140. The van der Waals surface area contributed by atoms with Gasteiger partial charge in [0, 0.05) is 12.1 Å². The maximum atomic E-state index is 14.1. The second-order valence-electron chi connectivity index (χ2n) is 11.9. The Hall–Kier alpha value is -3.85. The number of hydrogen-bond donors (Lipinski definition) is 1. The summed E-state index contributed by atoms with van der Waals surface area (Å²) in [4.78, 5) is 28.9. The van der Waals surface area contributed by atoms with Crippen LogP contribution in [0, 0.1) is 6.92 Å². The SMILES string of the molecule is COc1cccc(CN(C(=O)CN(c2ccc(C(C)C)cc2)S(=O)(=O)c2ccc(C)cc2)[C@H](C)C(=O)NC(C)(C)C)c1. The molecule has 9 heteroatoms. The Morgan fingerprint density at radius 3 is 2.10 bits per heavy atom. The van der Waals surface area contributed by atoms with Crippen LogP contribution < -0.4 is 14.4 Å². The van der Waals surface area contributed by atoms with E-state index >= 15 is 0 Å². The Labute approximate surface area is 250 Å². The predicted octanol–water partition coefficient (Wildman–Crippen LogP) is 5.65. The van der Waals surface area contributed by atoms with Gasteiger partial charge in [0.05, 0.1) is 17.7 Å². The molecule has 42 heavy (non-hydrogen) atoms. The van der Waals surface area contributed by atoms with Crippen LogP contribution in [0.2, 0.25) is 0 Å². The first kappa shape index (κ1) is 32.7. The Bertz CT molecular complexity index is 1480. The van der Waals surface area contributed by atoms with E-state index in [0.29, 0.717) is 11.4 Å². The number of nitrogens with one attached hydrogen (secondary N) is 1. The highest BCUT2D eigenvalue weighted by atomic mass is 32.2. The van der Waals surface area contributed by atoms with Gasteiger partial charge in [0.15, 0.2) is 0 Å². The summed E-state index contributed by atoms with van der Waals surface area (Å²) in [5, 5.41) is 2.94. The lowest BCUT2D eigenvalue weighted by Gasteiger charge is -2.33. The van der Waals surface area contributed by atoms with E-state index in [1.165, 1.54) is 17.0 Å². The minimum absolute atomic E-state index is 0.0757. The van der Waals surface area contributed by atoms with Gasteiger partial charge < -0.3 is 15.0 Å². The molecule has 0 saturated carbocycles. The first-order valence-corrected chi connectivity index (χ1v) is 15.5. The van der Waals surface area contributed by atoms with Crippen LogP contribution in [-0.2, 0) is 26.2 Å². The van der Waals surface area contributed by atoms with Crippen LogP contribution >= 0.6 is 0 Å². The Morgan fingerprint density at radius 1 is 0.929 bits per heavy atom. The molecule has 3 rings (SSSR count). The largest absolute Gasteiger partial charge is 0.497 e. The number of methoxy groups -OCH3 is 1. The van der Waals surface area contributed by atoms with E-state index in [2.05, 4.69) is 19.2 Å². The van der Waals surface area contributed by atoms with Crippen molar-refractivity contribution in [3.63, 3.8) is 0 Å². The molecule has 1 N–H and O–H groups in total. The molecule has 0 fully saturated rings. The second kappa shape index (κ2) is 13.4. The van der Waals surface area contributed by atoms with E-state index in [0.717, 1.165) is 21.0 Å². The summed E-state index contributed by atoms with van der Waals surface area (Å²) in [5.41, 5.74) is 2.55. The van der Waals surface area contributed by atoms with Crippen molar-refractivity contribution in [3.8, 4) is 5.75 Å². The molecule has 8 nitrogen and oxygen atoms in total. The highest BCUT2D eigenvalue weighted by Crippen LogP contribution is 2.27. The van der Waals surface area contributed by atoms with Crippen LogP contribution in [0.4, 0.5) is 5.69 Å². The van der Waals surface area contributed by atoms with Gasteiger partial charge >= 0.3 is 0 Å². The minimum atomic E-state index is -4.13. The van der Waals surface area contributed by atoms with Crippen molar-refractivity contribution in [2.45, 2.75) is 77.4 Å². The monoisotopic (exact) mass is 593 g/mol. The number of anilines is 1. The van der Waals surface area contributed by atoms with Crippen molar-refractivity contribution >= 4 is 27.5 Å². The molecule has 0 saturated heterocycles. The van der Waals surface area contributed by atoms with Crippen LogP contribution in [0.1, 0.15) is 64.2 Å². The van der Waals surface area contributed by atoms with Crippen LogP contribution in [0.15, 0.2) is 77.7 Å². The quantitative estimate of drug-likeness (QED) is 0.310. The average Bonchev–Trinajstić information content (AvgIpc) is 2.93. The zero-order chi connectivity index (χ0) is 31.2. The van der Waals surface area contributed by atoms with Crippen LogP contribution in [0.3, 0.4) is 0 Å². The van der Waals surface area contributed by atoms with Crippen molar-refractivity contribution in [1.29, 1.82) is 0 Å². The summed E-state index contributed by atoms with van der Waals surface area (Å²) < 4.78 is 34.5. The lowest BCUT2D eigenvalue weighted by Crippen LogP contribution is -2.54. The lowest BCUT2D eigenvalue weighted by atomic mass is 10.0. The average molecular weight is 594 g/mol. The van der Waals surface area contributed by atoms with E-state index in [1.54, 1.807) is 56.5 Å². The number of amides is 2. The smallest absolute Gasteiger partial charge is 0.264 e. The molecule has 0 aliphatic rings. The van der Waals surface area contributed by atoms with Crippen molar-refractivity contribution < 1.29 is 22.7 Å². The number of hydrogen-bond acceptors (Lipinski definition) is 5. The van der Waals surface area contributed by atoms with Gasteiger partial charge in [-0.2, -0.15) is 0 Å². The van der Waals surface area contributed by atoms with Gasteiger partial charge in [0.25, 0.3) is 10.0 Å². The molecule has 0 bridgehead atoms. The standard InChI is InChI=1S/C33H43N3O5S/c1-23(2)27-14-16-28(17-15-27)36(42(39,40)30-18-12-24(3)13-19-30)22-31(37)35(25(4)32(38)34-33(5,6)7)21-26-10-9-11-29(20-26)41-8/h9-20,23,25H,21-22H2,1-8H3,(H,34,38)/t25-/m1/s1. The van der Waals surface area contributed by atoms with Gasteiger partial charge in [0.2, 0.25) is 11.8 Å². The fourth-order valence-electron chi connectivity index (χ4n) is 4.42. The van der Waals surface area contributed by atoms with E-state index in [1.807, 2.05) is 45.9 Å². The van der Waals surface area contributed by atoms with Gasteiger partial charge in [-0.15, -0.1) is 0 Å². The Kier molecular flexibility index (Phi) is 10.4. The molecule has 0 radical (unpaired) electrons. The summed E-state index contributed by atoms with van der Waals surface area (Å²) in [6.07, 6.45) is 0. The third-order valence-electron chi connectivity index (χ3n) is 6.89. The summed E-state index contributed by atoms with van der Waals surface area (Å²) in [5.74, 6) is 0.00913. The Balaban J connectivity index is 2.06. The molecule has 3 aromatic carbocycles. The predicted molar refractivity (Wildman–Crippen MR) is 167 cm³/mol. The molecule has 2 amide bonds. The third-order valence-corrected chi connectivity index (χ3v) is 8.68. The fourth-order valence-corrected chi connectivity index (χ4v) is 5.83. The third kappa shape index (κ3) is 8.35. The molecule has 0 spiro atoms. The maximum absolute atomic E-state index is 14.1. The van der Waals surface area contributed by atoms with E-state index in [4.69, 9.17) is 4.74 Å². The highest BCUT2D eigenvalue weighted by Gasteiger charge is 2.33. The number of aryl methyl sites for hydroxylation is 1. The summed E-state index contributed by atoms with van der Waals surface area (Å²) in [6, 6.07) is 20.1. The number of benzene rings is 3. The zero-order valence-electron chi connectivity index (χ0n) is 25.8. The highest BCUT2D eigenvalue weighted by molar-refractivity contribution is 7.92. The van der Waals surface area contributed by atoms with Crippen molar-refractivity contribution in [2.24, 2.45) is 0 Å². The van der Waals surface area contributed by atoms with E-state index in [9.17, 15) is 18.0 Å². The van der Waals surface area contributed by atoms with E-state index in [-0.39, 0.29) is 23.3 Å². The van der Waals surface area contributed by atoms with Gasteiger partial charge in [-0.3, -0.25) is 13.9 Å². The Morgan fingerprint density at radius 2 is 1.55 bits per heavy atom. The van der Waals surface area contributed by atoms with Gasteiger partial charge in [-0.25, -0.2) is 8.42 Å². The maximum Gasteiger partial charge on any atom is 0.264 e. The van der Waals surface area contributed by atoms with Gasteiger partial charge in [-0.05, 0) is 88.1 Å². The normalized spacial score (nSPS) is 12.5. The molecular formula is C33H43N3O5S. The van der Waals surface area contributed by atoms with Crippen molar-refractivity contribution in [3.05, 3.63) is 89.5 Å². The fraction of sp³-hybridized carbons (Fsp3) is 0.394. The summed E-state index contributed by atoms with van der Waals surface area (Å²) >= 11 is 0. The molecule has 0 aliphatic heterocycles. The van der Waals surface area contributed by atoms with Crippen LogP contribution in [0.25, 0.3) is 0 Å². The minimum Gasteiger partial charge on any atom is -0.497 e. The molecule has 0 aromatic heterocycles.